The van der Waals surface area contributed by atoms with Crippen LogP contribution in [0.15, 0.2) is 39.5 Å². The number of ether oxygens (including phenoxy) is 2. The van der Waals surface area contributed by atoms with Gasteiger partial charge < -0.3 is 13.9 Å². The Morgan fingerprint density at radius 3 is 2.41 bits per heavy atom. The maximum Gasteiger partial charge on any atom is 0.339 e. The quantitative estimate of drug-likeness (QED) is 0.629. The Morgan fingerprint density at radius 1 is 1.04 bits per heavy atom. The van der Waals surface area contributed by atoms with Crippen molar-refractivity contribution in [3.8, 4) is 11.5 Å². The van der Waals surface area contributed by atoms with E-state index in [9.17, 15) is 9.59 Å². The third-order valence-electron chi connectivity index (χ3n) is 5.29. The molecule has 2 heterocycles. The molecule has 5 heteroatoms. The fraction of sp³-hybridized carbons (Fsp3) is 0.273. The minimum absolute atomic E-state index is 0.0275. The predicted octanol–water partition coefficient (Wildman–Crippen LogP) is 4.43. The van der Waals surface area contributed by atoms with E-state index < -0.39 is 6.10 Å². The average Bonchev–Trinajstić information content (AvgIpc) is 2.65. The molecule has 0 unspecified atom stereocenters. The number of carbonyl (C=O) groups is 1. The molecule has 0 spiro atoms. The van der Waals surface area contributed by atoms with Gasteiger partial charge in [-0.1, -0.05) is 12.1 Å². The highest BCUT2D eigenvalue weighted by molar-refractivity contribution is 6.07. The van der Waals surface area contributed by atoms with Crippen molar-refractivity contribution in [1.82, 2.24) is 0 Å². The van der Waals surface area contributed by atoms with Gasteiger partial charge in [-0.2, -0.15) is 0 Å². The molecular formula is C22H20O5. The summed E-state index contributed by atoms with van der Waals surface area (Å²) in [6, 6.07) is 9.25. The van der Waals surface area contributed by atoms with Gasteiger partial charge in [-0.3, -0.25) is 4.79 Å². The van der Waals surface area contributed by atoms with Crippen molar-refractivity contribution in [2.75, 3.05) is 7.11 Å². The smallest absolute Gasteiger partial charge is 0.339 e. The fourth-order valence-electron chi connectivity index (χ4n) is 3.63. The van der Waals surface area contributed by atoms with E-state index in [0.717, 1.165) is 22.4 Å². The number of hydrogen-bond acceptors (Lipinski definition) is 5. The summed E-state index contributed by atoms with van der Waals surface area (Å²) in [5, 5.41) is 0.694. The van der Waals surface area contributed by atoms with Gasteiger partial charge in [0, 0.05) is 5.56 Å². The first-order chi connectivity index (χ1) is 12.9. The van der Waals surface area contributed by atoms with Crippen LogP contribution < -0.4 is 15.1 Å². The Balaban J connectivity index is 1.91. The Morgan fingerprint density at radius 2 is 1.74 bits per heavy atom. The first-order valence-electron chi connectivity index (χ1n) is 8.82. The minimum atomic E-state index is -0.396. The first kappa shape index (κ1) is 17.3. The number of methoxy groups -OCH3 is 1. The van der Waals surface area contributed by atoms with Crippen molar-refractivity contribution >= 4 is 16.8 Å². The van der Waals surface area contributed by atoms with Gasteiger partial charge in [0.2, 0.25) is 0 Å². The molecule has 0 amide bonds. The fourth-order valence-corrected chi connectivity index (χ4v) is 3.63. The molecule has 1 atom stereocenters. The summed E-state index contributed by atoms with van der Waals surface area (Å²) in [6.45, 7) is 5.41. The van der Waals surface area contributed by atoms with Gasteiger partial charge in [0.25, 0.3) is 0 Å². The van der Waals surface area contributed by atoms with Crippen LogP contribution in [0.3, 0.4) is 0 Å². The number of fused-ring (bicyclic) bond motifs is 3. The second-order valence-electron chi connectivity index (χ2n) is 6.92. The molecule has 0 bridgehead atoms. The summed E-state index contributed by atoms with van der Waals surface area (Å²) in [6.07, 6.45) is -0.131. The highest BCUT2D eigenvalue weighted by atomic mass is 16.5. The summed E-state index contributed by atoms with van der Waals surface area (Å²) >= 11 is 0. The molecule has 4 rings (SSSR count). The highest BCUT2D eigenvalue weighted by Crippen LogP contribution is 2.43. The Labute approximate surface area is 156 Å². The lowest BCUT2D eigenvalue weighted by molar-refractivity contribution is 0.0852. The molecule has 1 aliphatic heterocycles. The predicted molar refractivity (Wildman–Crippen MR) is 102 cm³/mol. The SMILES string of the molecule is COc1ccc([C@H]2CC(=O)c3c(C)cc4oc(=O)c(C)c(C)c4c3O2)cc1. The third-order valence-corrected chi connectivity index (χ3v) is 5.29. The van der Waals surface area contributed by atoms with Crippen LogP contribution in [0, 0.1) is 20.8 Å². The lowest BCUT2D eigenvalue weighted by Crippen LogP contribution is -2.22. The normalized spacial score (nSPS) is 16.1. The maximum absolute atomic E-state index is 12.9. The number of carbonyl (C=O) groups excluding carboxylic acids is 1. The van der Waals surface area contributed by atoms with Gasteiger partial charge >= 0.3 is 5.63 Å². The third kappa shape index (κ3) is 2.70. The van der Waals surface area contributed by atoms with E-state index >= 15 is 0 Å². The second kappa shape index (κ2) is 6.27. The van der Waals surface area contributed by atoms with Crippen LogP contribution >= 0.6 is 0 Å². The Kier molecular flexibility index (Phi) is 4.02. The second-order valence-corrected chi connectivity index (χ2v) is 6.92. The van der Waals surface area contributed by atoms with Gasteiger partial charge in [0.15, 0.2) is 5.78 Å². The van der Waals surface area contributed by atoms with Gasteiger partial charge in [-0.05, 0) is 55.7 Å². The van der Waals surface area contributed by atoms with E-state index in [1.165, 1.54) is 0 Å². The van der Waals surface area contributed by atoms with Crippen molar-refractivity contribution in [1.29, 1.82) is 0 Å². The van der Waals surface area contributed by atoms with Crippen LogP contribution in [0.4, 0.5) is 0 Å². The minimum Gasteiger partial charge on any atom is -0.497 e. The summed E-state index contributed by atoms with van der Waals surface area (Å²) in [5.74, 6) is 1.28. The number of aryl methyl sites for hydroxylation is 2. The average molecular weight is 364 g/mol. The topological polar surface area (TPSA) is 65.7 Å². The van der Waals surface area contributed by atoms with E-state index in [4.69, 9.17) is 13.9 Å². The number of rotatable bonds is 2. The summed E-state index contributed by atoms with van der Waals surface area (Å²) < 4.78 is 17.0. The van der Waals surface area contributed by atoms with Crippen molar-refractivity contribution in [2.45, 2.75) is 33.3 Å². The Bertz CT molecular complexity index is 1120. The lowest BCUT2D eigenvalue weighted by atomic mass is 9.90. The molecular weight excluding hydrogens is 344 g/mol. The standard InChI is InChI=1S/C22H20O5/c1-11-9-18-20(12(2)13(3)22(24)27-18)21-19(11)16(23)10-17(26-21)14-5-7-15(25-4)8-6-14/h5-9,17H,10H2,1-4H3/t17-/m1/s1. The van der Waals surface area contributed by atoms with Crippen LogP contribution in [0.1, 0.15) is 45.1 Å². The number of Topliss-reactive ketones (excluding diaryl/α,β-unsaturated/α-hetero) is 1. The zero-order valence-electron chi connectivity index (χ0n) is 15.7. The van der Waals surface area contributed by atoms with Gasteiger partial charge in [-0.15, -0.1) is 0 Å². The molecule has 0 aliphatic carbocycles. The molecule has 1 aromatic heterocycles. The van der Waals surface area contributed by atoms with Crippen LogP contribution in [-0.2, 0) is 0 Å². The maximum atomic E-state index is 12.9. The molecule has 0 saturated carbocycles. The number of benzene rings is 2. The molecule has 27 heavy (non-hydrogen) atoms. The first-order valence-corrected chi connectivity index (χ1v) is 8.82. The molecule has 2 aromatic carbocycles. The van der Waals surface area contributed by atoms with Gasteiger partial charge in [0.1, 0.15) is 23.2 Å². The van der Waals surface area contributed by atoms with E-state index in [-0.39, 0.29) is 17.8 Å². The van der Waals surface area contributed by atoms with E-state index in [0.29, 0.717) is 27.8 Å². The summed E-state index contributed by atoms with van der Waals surface area (Å²) in [7, 11) is 1.61. The largest absolute Gasteiger partial charge is 0.497 e. The van der Waals surface area contributed by atoms with Crippen LogP contribution in [-0.4, -0.2) is 12.9 Å². The zero-order valence-corrected chi connectivity index (χ0v) is 15.7. The van der Waals surface area contributed by atoms with Crippen molar-refractivity contribution in [3.05, 3.63) is 68.6 Å². The molecule has 0 radical (unpaired) electrons. The molecule has 138 valence electrons. The summed E-state index contributed by atoms with van der Waals surface area (Å²) in [5.41, 5.74) is 3.61. The molecule has 5 nitrogen and oxygen atoms in total. The molecule has 0 N–H and O–H groups in total. The molecule has 0 fully saturated rings. The Hall–Kier alpha value is -3.08. The molecule has 0 saturated heterocycles. The van der Waals surface area contributed by atoms with Crippen LogP contribution in [0.25, 0.3) is 11.0 Å². The molecule has 1 aliphatic rings. The highest BCUT2D eigenvalue weighted by Gasteiger charge is 2.32. The van der Waals surface area contributed by atoms with E-state index in [1.54, 1.807) is 20.1 Å². The van der Waals surface area contributed by atoms with Crippen LogP contribution in [0.5, 0.6) is 11.5 Å². The monoisotopic (exact) mass is 364 g/mol. The van der Waals surface area contributed by atoms with Crippen molar-refractivity contribution in [3.63, 3.8) is 0 Å². The zero-order chi connectivity index (χ0) is 19.3. The van der Waals surface area contributed by atoms with Crippen molar-refractivity contribution in [2.24, 2.45) is 0 Å². The molecule has 3 aromatic rings. The van der Waals surface area contributed by atoms with Crippen LogP contribution in [0.2, 0.25) is 0 Å². The summed E-state index contributed by atoms with van der Waals surface area (Å²) in [4.78, 5) is 25.0. The van der Waals surface area contributed by atoms with Gasteiger partial charge in [0.05, 0.1) is 24.5 Å². The lowest BCUT2D eigenvalue weighted by Gasteiger charge is -2.28. The van der Waals surface area contributed by atoms with Gasteiger partial charge in [-0.25, -0.2) is 4.79 Å². The van der Waals surface area contributed by atoms with Crippen molar-refractivity contribution < 1.29 is 18.7 Å². The van der Waals surface area contributed by atoms with E-state index in [1.807, 2.05) is 38.1 Å². The number of ketones is 1. The van der Waals surface area contributed by atoms with E-state index in [2.05, 4.69) is 0 Å². The number of hydrogen-bond donors (Lipinski definition) is 0.